The minimum absolute atomic E-state index is 0.242. The van der Waals surface area contributed by atoms with Gasteiger partial charge in [0.15, 0.2) is 0 Å². The number of anilines is 3. The van der Waals surface area contributed by atoms with Crippen LogP contribution in [0.1, 0.15) is 11.1 Å². The molecule has 0 unspecified atom stereocenters. The highest BCUT2D eigenvalue weighted by molar-refractivity contribution is 5.61. The second-order valence-corrected chi connectivity index (χ2v) is 3.98. The summed E-state index contributed by atoms with van der Waals surface area (Å²) in [5.74, 6) is 0.572. The monoisotopic (exact) mass is 268 g/mol. The summed E-state index contributed by atoms with van der Waals surface area (Å²) in [7, 11) is 0. The number of halogens is 3. The van der Waals surface area contributed by atoms with Crippen LogP contribution in [0.25, 0.3) is 0 Å². The number of hydrogen-bond donors (Lipinski definition) is 2. The van der Waals surface area contributed by atoms with Gasteiger partial charge in [-0.3, -0.25) is 0 Å². The van der Waals surface area contributed by atoms with Crippen molar-refractivity contribution < 1.29 is 13.2 Å². The highest BCUT2D eigenvalue weighted by Crippen LogP contribution is 2.32. The number of alkyl halides is 3. The number of rotatable bonds is 2. The van der Waals surface area contributed by atoms with Crippen LogP contribution in [-0.4, -0.2) is 9.97 Å². The highest BCUT2D eigenvalue weighted by Gasteiger charge is 2.30. The Balaban J connectivity index is 2.31. The molecule has 0 aliphatic rings. The SMILES string of the molecule is Cc1ccc(C(F)(F)F)cc1Nc1cnc(N)cn1. The molecule has 0 bridgehead atoms. The predicted octanol–water partition coefficient (Wildman–Crippen LogP) is 3.13. The van der Waals surface area contributed by atoms with Crippen LogP contribution in [0.2, 0.25) is 0 Å². The molecule has 1 aromatic carbocycles. The lowest BCUT2D eigenvalue weighted by molar-refractivity contribution is -0.137. The van der Waals surface area contributed by atoms with Crippen LogP contribution in [0.5, 0.6) is 0 Å². The topological polar surface area (TPSA) is 63.8 Å². The van der Waals surface area contributed by atoms with Crippen molar-refractivity contribution in [2.75, 3.05) is 11.1 Å². The first kappa shape index (κ1) is 13.1. The molecule has 4 nitrogen and oxygen atoms in total. The average Bonchev–Trinajstić information content (AvgIpc) is 2.33. The van der Waals surface area contributed by atoms with Gasteiger partial charge in [-0.25, -0.2) is 9.97 Å². The molecule has 0 radical (unpaired) electrons. The average molecular weight is 268 g/mol. The first-order valence-electron chi connectivity index (χ1n) is 5.38. The third-order valence-corrected chi connectivity index (χ3v) is 2.50. The molecular formula is C12H11F3N4. The van der Waals surface area contributed by atoms with Crippen LogP contribution < -0.4 is 11.1 Å². The predicted molar refractivity (Wildman–Crippen MR) is 65.9 cm³/mol. The lowest BCUT2D eigenvalue weighted by atomic mass is 10.1. The van der Waals surface area contributed by atoms with Crippen LogP contribution >= 0.6 is 0 Å². The van der Waals surface area contributed by atoms with Crippen LogP contribution in [0.3, 0.4) is 0 Å². The van der Waals surface area contributed by atoms with Gasteiger partial charge in [-0.1, -0.05) is 6.07 Å². The molecule has 100 valence electrons. The first-order valence-corrected chi connectivity index (χ1v) is 5.38. The number of aryl methyl sites for hydroxylation is 1. The Hall–Kier alpha value is -2.31. The molecule has 0 atom stereocenters. The van der Waals surface area contributed by atoms with E-state index in [0.29, 0.717) is 17.1 Å². The van der Waals surface area contributed by atoms with Crippen molar-refractivity contribution in [3.05, 3.63) is 41.7 Å². The molecule has 3 N–H and O–H groups in total. The number of nitrogen functional groups attached to an aromatic ring is 1. The molecule has 0 spiro atoms. The number of nitrogens with zero attached hydrogens (tertiary/aromatic N) is 2. The van der Waals surface area contributed by atoms with Gasteiger partial charge in [0.2, 0.25) is 0 Å². The number of nitrogens with two attached hydrogens (primary N) is 1. The second-order valence-electron chi connectivity index (χ2n) is 3.98. The van der Waals surface area contributed by atoms with E-state index in [1.165, 1.54) is 18.5 Å². The number of aromatic nitrogens is 2. The zero-order valence-electron chi connectivity index (χ0n) is 9.99. The van der Waals surface area contributed by atoms with E-state index in [1.807, 2.05) is 0 Å². The third-order valence-electron chi connectivity index (χ3n) is 2.50. The summed E-state index contributed by atoms with van der Waals surface area (Å²) in [5, 5.41) is 2.78. The lowest BCUT2D eigenvalue weighted by Gasteiger charge is -2.12. The van der Waals surface area contributed by atoms with E-state index < -0.39 is 11.7 Å². The molecule has 0 fully saturated rings. The van der Waals surface area contributed by atoms with Gasteiger partial charge in [0, 0.05) is 5.69 Å². The standard InChI is InChI=1S/C12H11F3N4/c1-7-2-3-8(12(13,14)15)4-9(7)19-11-6-17-10(16)5-18-11/h2-6H,1H3,(H2,16,17)(H,18,19). The Bertz CT molecular complexity index is 579. The van der Waals surface area contributed by atoms with Crippen molar-refractivity contribution in [1.29, 1.82) is 0 Å². The lowest BCUT2D eigenvalue weighted by Crippen LogP contribution is -2.06. The Labute approximate surface area is 107 Å². The first-order chi connectivity index (χ1) is 8.86. The molecule has 2 rings (SSSR count). The van der Waals surface area contributed by atoms with Crippen molar-refractivity contribution in [1.82, 2.24) is 9.97 Å². The summed E-state index contributed by atoms with van der Waals surface area (Å²) >= 11 is 0. The number of benzene rings is 1. The minimum Gasteiger partial charge on any atom is -0.382 e. The van der Waals surface area contributed by atoms with E-state index in [-0.39, 0.29) is 5.82 Å². The van der Waals surface area contributed by atoms with E-state index in [9.17, 15) is 13.2 Å². The van der Waals surface area contributed by atoms with Crippen molar-refractivity contribution in [2.24, 2.45) is 0 Å². The van der Waals surface area contributed by atoms with E-state index in [2.05, 4.69) is 15.3 Å². The number of nitrogens with one attached hydrogen (secondary N) is 1. The zero-order valence-corrected chi connectivity index (χ0v) is 9.99. The largest absolute Gasteiger partial charge is 0.416 e. The van der Waals surface area contributed by atoms with Gasteiger partial charge < -0.3 is 11.1 Å². The Morgan fingerprint density at radius 3 is 2.47 bits per heavy atom. The maximum atomic E-state index is 12.6. The second kappa shape index (κ2) is 4.75. The molecule has 7 heteroatoms. The van der Waals surface area contributed by atoms with Gasteiger partial charge in [0.05, 0.1) is 18.0 Å². The molecular weight excluding hydrogens is 257 g/mol. The summed E-state index contributed by atoms with van der Waals surface area (Å²) < 4.78 is 37.9. The smallest absolute Gasteiger partial charge is 0.382 e. The summed E-state index contributed by atoms with van der Waals surface area (Å²) in [4.78, 5) is 7.73. The van der Waals surface area contributed by atoms with Gasteiger partial charge in [0.1, 0.15) is 11.6 Å². The van der Waals surface area contributed by atoms with Crippen LogP contribution in [-0.2, 0) is 6.18 Å². The maximum absolute atomic E-state index is 12.6. The molecule has 0 amide bonds. The Morgan fingerprint density at radius 2 is 1.89 bits per heavy atom. The molecule has 2 aromatic rings. The molecule has 1 aromatic heterocycles. The van der Waals surface area contributed by atoms with Crippen LogP contribution in [0.15, 0.2) is 30.6 Å². The number of hydrogen-bond acceptors (Lipinski definition) is 4. The highest BCUT2D eigenvalue weighted by atomic mass is 19.4. The van der Waals surface area contributed by atoms with Crippen LogP contribution in [0.4, 0.5) is 30.5 Å². The van der Waals surface area contributed by atoms with Crippen molar-refractivity contribution in [3.8, 4) is 0 Å². The van der Waals surface area contributed by atoms with Gasteiger partial charge in [0.25, 0.3) is 0 Å². The molecule has 0 aliphatic heterocycles. The van der Waals surface area contributed by atoms with Gasteiger partial charge in [-0.15, -0.1) is 0 Å². The molecule has 0 saturated carbocycles. The quantitative estimate of drug-likeness (QED) is 0.878. The zero-order chi connectivity index (χ0) is 14.0. The van der Waals surface area contributed by atoms with Crippen molar-refractivity contribution >= 4 is 17.3 Å². The Morgan fingerprint density at radius 1 is 1.16 bits per heavy atom. The maximum Gasteiger partial charge on any atom is 0.416 e. The molecule has 0 saturated heterocycles. The van der Waals surface area contributed by atoms with E-state index >= 15 is 0 Å². The van der Waals surface area contributed by atoms with Crippen molar-refractivity contribution in [3.63, 3.8) is 0 Å². The third kappa shape index (κ3) is 3.12. The summed E-state index contributed by atoms with van der Waals surface area (Å²) in [6.07, 6.45) is -1.70. The van der Waals surface area contributed by atoms with Gasteiger partial charge in [-0.05, 0) is 24.6 Å². The summed E-state index contributed by atoms with van der Waals surface area (Å²) in [6, 6.07) is 3.47. The fourth-order valence-corrected chi connectivity index (χ4v) is 1.47. The van der Waals surface area contributed by atoms with E-state index in [1.54, 1.807) is 6.92 Å². The fourth-order valence-electron chi connectivity index (χ4n) is 1.47. The van der Waals surface area contributed by atoms with Crippen molar-refractivity contribution in [2.45, 2.75) is 13.1 Å². The molecule has 0 aliphatic carbocycles. The minimum atomic E-state index is -4.38. The molecule has 19 heavy (non-hydrogen) atoms. The normalized spacial score (nSPS) is 11.4. The fraction of sp³-hybridized carbons (Fsp3) is 0.167. The van der Waals surface area contributed by atoms with E-state index in [4.69, 9.17) is 5.73 Å². The molecule has 1 heterocycles. The van der Waals surface area contributed by atoms with Gasteiger partial charge in [-0.2, -0.15) is 13.2 Å². The van der Waals surface area contributed by atoms with Gasteiger partial charge >= 0.3 is 6.18 Å². The summed E-state index contributed by atoms with van der Waals surface area (Å²) in [5.41, 5.74) is 5.66. The summed E-state index contributed by atoms with van der Waals surface area (Å²) in [6.45, 7) is 1.70. The Kier molecular flexibility index (Phi) is 3.28. The van der Waals surface area contributed by atoms with Crippen LogP contribution in [0, 0.1) is 6.92 Å². The van der Waals surface area contributed by atoms with E-state index in [0.717, 1.165) is 12.1 Å².